The van der Waals surface area contributed by atoms with Gasteiger partial charge in [-0.1, -0.05) is 202 Å². The van der Waals surface area contributed by atoms with Crippen molar-refractivity contribution in [2.45, 2.75) is 19.3 Å². The molecule has 0 N–H and O–H groups in total. The molecule has 1 aliphatic carbocycles. The van der Waals surface area contributed by atoms with Gasteiger partial charge in [0.1, 0.15) is 0 Å². The Balaban J connectivity index is 0.995. The maximum atomic E-state index is 2.51. The Kier molecular flexibility index (Phi) is 9.92. The standard InChI is InChI=1S/C73H51N3/c1-73(2)63-35-15-11-32-61(63)71-64(73)36-21-41-70(71)76-68-39-18-14-31-59(68)62-47-49(42-43-69(62)76)50-44-51(46-52(45-50)57-33-20-34-60-58-30-13-17-38-67(58)75(72(57)60)54-26-7-4-8-27-54)56-29-12-16-37-65(56)74(53-24-5-3-6-25-53)66-40-19-23-48-22-9-10-28-55(48)66/h3-47H,1-2H3. The lowest BCUT2D eigenvalue weighted by Crippen LogP contribution is -2.14. The van der Waals surface area contributed by atoms with Crippen LogP contribution in [0.1, 0.15) is 25.0 Å². The summed E-state index contributed by atoms with van der Waals surface area (Å²) in [5.41, 5.74) is 22.6. The van der Waals surface area contributed by atoms with E-state index in [1.54, 1.807) is 0 Å². The van der Waals surface area contributed by atoms with Gasteiger partial charge in [-0.3, -0.25) is 0 Å². The molecular weight excluding hydrogens is 919 g/mol. The van der Waals surface area contributed by atoms with Crippen LogP contribution in [0, 0.1) is 0 Å². The SMILES string of the molecule is CC1(C)c2ccccc2-c2c(-n3c4ccccc4c4cc(-c5cc(-c6ccccc6N(c6ccccc6)c6cccc7ccccc67)cc(-c6cccc7c8ccccc8n(-c8ccccc8)c67)c5)ccc43)cccc21. The number of anilines is 3. The predicted octanol–water partition coefficient (Wildman–Crippen LogP) is 19.8. The summed E-state index contributed by atoms with van der Waals surface area (Å²) in [5.74, 6) is 0. The normalized spacial score (nSPS) is 12.7. The number of fused-ring (bicyclic) bond motifs is 10. The van der Waals surface area contributed by atoms with Crippen LogP contribution in [0.2, 0.25) is 0 Å². The van der Waals surface area contributed by atoms with Gasteiger partial charge < -0.3 is 14.0 Å². The molecule has 2 aromatic heterocycles. The average Bonchev–Trinajstić information content (AvgIpc) is 4.23. The Morgan fingerprint density at radius 3 is 1.68 bits per heavy atom. The summed E-state index contributed by atoms with van der Waals surface area (Å²) in [6.45, 7) is 4.73. The number of rotatable bonds is 8. The minimum absolute atomic E-state index is 0.109. The average molecular weight is 970 g/mol. The lowest BCUT2D eigenvalue weighted by molar-refractivity contribution is 0.660. The van der Waals surface area contributed by atoms with Crippen molar-refractivity contribution >= 4 is 71.4 Å². The first-order chi connectivity index (χ1) is 37.5. The highest BCUT2D eigenvalue weighted by molar-refractivity contribution is 6.15. The lowest BCUT2D eigenvalue weighted by Gasteiger charge is -2.29. The Morgan fingerprint density at radius 2 is 0.868 bits per heavy atom. The molecule has 0 saturated carbocycles. The molecule has 0 bridgehead atoms. The molecule has 3 nitrogen and oxygen atoms in total. The van der Waals surface area contributed by atoms with E-state index in [2.05, 4.69) is 301 Å². The zero-order chi connectivity index (χ0) is 50.5. The number of hydrogen-bond acceptors (Lipinski definition) is 1. The maximum Gasteiger partial charge on any atom is 0.0619 e. The molecule has 0 fully saturated rings. The van der Waals surface area contributed by atoms with E-state index >= 15 is 0 Å². The number of benzene rings is 12. The maximum absolute atomic E-state index is 2.51. The van der Waals surface area contributed by atoms with E-state index in [1.807, 2.05) is 0 Å². The highest BCUT2D eigenvalue weighted by Crippen LogP contribution is 2.52. The fourth-order valence-corrected chi connectivity index (χ4v) is 12.8. The van der Waals surface area contributed by atoms with Gasteiger partial charge in [0.15, 0.2) is 0 Å². The Hall–Kier alpha value is -9.70. The zero-order valence-corrected chi connectivity index (χ0v) is 42.3. The smallest absolute Gasteiger partial charge is 0.0619 e. The van der Waals surface area contributed by atoms with Crippen molar-refractivity contribution < 1.29 is 0 Å². The first-order valence-corrected chi connectivity index (χ1v) is 26.4. The number of hydrogen-bond donors (Lipinski definition) is 0. The highest BCUT2D eigenvalue weighted by Gasteiger charge is 2.37. The lowest BCUT2D eigenvalue weighted by atomic mass is 9.82. The van der Waals surface area contributed by atoms with Gasteiger partial charge in [0.2, 0.25) is 0 Å². The van der Waals surface area contributed by atoms with E-state index in [1.165, 1.54) is 87.9 Å². The van der Waals surface area contributed by atoms with Crippen LogP contribution in [-0.2, 0) is 5.41 Å². The van der Waals surface area contributed by atoms with Crippen LogP contribution in [0.5, 0.6) is 0 Å². The molecule has 0 aliphatic heterocycles. The van der Waals surface area contributed by atoms with E-state index in [0.29, 0.717) is 0 Å². The second-order valence-corrected chi connectivity index (χ2v) is 20.8. The van der Waals surface area contributed by atoms with Crippen molar-refractivity contribution in [3.05, 3.63) is 284 Å². The Bertz CT molecular complexity index is 4610. The van der Waals surface area contributed by atoms with Crippen LogP contribution in [0.15, 0.2) is 273 Å². The second-order valence-electron chi connectivity index (χ2n) is 20.8. The summed E-state index contributed by atoms with van der Waals surface area (Å²) < 4.78 is 4.97. The van der Waals surface area contributed by atoms with Gasteiger partial charge in [-0.25, -0.2) is 0 Å². The highest BCUT2D eigenvalue weighted by atomic mass is 15.1. The van der Waals surface area contributed by atoms with E-state index in [9.17, 15) is 0 Å². The van der Waals surface area contributed by atoms with Crippen LogP contribution in [0.4, 0.5) is 17.1 Å². The first kappa shape index (κ1) is 43.8. The fraction of sp³-hybridized carbons (Fsp3) is 0.0411. The van der Waals surface area contributed by atoms with E-state index < -0.39 is 0 Å². The van der Waals surface area contributed by atoms with Gasteiger partial charge in [-0.2, -0.15) is 0 Å². The molecule has 0 atom stereocenters. The molecule has 3 heteroatoms. The summed E-state index contributed by atoms with van der Waals surface area (Å²) in [7, 11) is 0. The Labute approximate surface area is 442 Å². The molecule has 0 amide bonds. The molecule has 358 valence electrons. The monoisotopic (exact) mass is 969 g/mol. The van der Waals surface area contributed by atoms with Crippen molar-refractivity contribution in [2.75, 3.05) is 4.90 Å². The third-order valence-electron chi connectivity index (χ3n) is 16.3. The molecule has 0 radical (unpaired) electrons. The molecule has 12 aromatic carbocycles. The van der Waals surface area contributed by atoms with Gasteiger partial charge >= 0.3 is 0 Å². The summed E-state index contributed by atoms with van der Waals surface area (Å²) in [6, 6.07) is 101. The van der Waals surface area contributed by atoms with Crippen molar-refractivity contribution in [2.24, 2.45) is 0 Å². The fourth-order valence-electron chi connectivity index (χ4n) is 12.8. The second kappa shape index (κ2) is 17.2. The van der Waals surface area contributed by atoms with Gasteiger partial charge in [-0.05, 0) is 129 Å². The largest absolute Gasteiger partial charge is 0.309 e. The summed E-state index contributed by atoms with van der Waals surface area (Å²) in [6.07, 6.45) is 0. The third-order valence-corrected chi connectivity index (χ3v) is 16.3. The molecule has 76 heavy (non-hydrogen) atoms. The van der Waals surface area contributed by atoms with E-state index in [0.717, 1.165) is 50.6 Å². The van der Waals surface area contributed by atoms with Crippen LogP contribution >= 0.6 is 0 Å². The molecule has 2 heterocycles. The summed E-state index contributed by atoms with van der Waals surface area (Å²) >= 11 is 0. The summed E-state index contributed by atoms with van der Waals surface area (Å²) in [4.78, 5) is 2.44. The topological polar surface area (TPSA) is 13.1 Å². The number of nitrogens with zero attached hydrogens (tertiary/aromatic N) is 3. The van der Waals surface area contributed by atoms with Crippen molar-refractivity contribution in [1.82, 2.24) is 9.13 Å². The Morgan fingerprint density at radius 1 is 0.329 bits per heavy atom. The molecular formula is C73H51N3. The van der Waals surface area contributed by atoms with Gasteiger partial charge in [-0.15, -0.1) is 0 Å². The van der Waals surface area contributed by atoms with Crippen molar-refractivity contribution in [3.8, 4) is 55.9 Å². The van der Waals surface area contributed by atoms with Gasteiger partial charge in [0, 0.05) is 60.4 Å². The number of para-hydroxylation sites is 6. The van der Waals surface area contributed by atoms with Gasteiger partial charge in [0.05, 0.1) is 39.1 Å². The van der Waals surface area contributed by atoms with Gasteiger partial charge in [0.25, 0.3) is 0 Å². The zero-order valence-electron chi connectivity index (χ0n) is 42.3. The molecule has 0 saturated heterocycles. The van der Waals surface area contributed by atoms with E-state index in [4.69, 9.17) is 0 Å². The molecule has 1 aliphatic rings. The summed E-state index contributed by atoms with van der Waals surface area (Å²) in [5, 5.41) is 7.31. The van der Waals surface area contributed by atoms with Crippen LogP contribution in [0.25, 0.3) is 110 Å². The van der Waals surface area contributed by atoms with Crippen molar-refractivity contribution in [3.63, 3.8) is 0 Å². The number of aromatic nitrogens is 2. The molecule has 0 spiro atoms. The molecule has 15 rings (SSSR count). The minimum Gasteiger partial charge on any atom is -0.309 e. The van der Waals surface area contributed by atoms with E-state index in [-0.39, 0.29) is 5.41 Å². The van der Waals surface area contributed by atoms with Crippen LogP contribution < -0.4 is 4.90 Å². The first-order valence-electron chi connectivity index (χ1n) is 26.4. The minimum atomic E-state index is -0.109. The third kappa shape index (κ3) is 6.69. The predicted molar refractivity (Wildman–Crippen MR) is 321 cm³/mol. The molecule has 0 unspecified atom stereocenters. The van der Waals surface area contributed by atoms with Crippen LogP contribution in [-0.4, -0.2) is 9.13 Å². The quantitative estimate of drug-likeness (QED) is 0.148. The van der Waals surface area contributed by atoms with Crippen LogP contribution in [0.3, 0.4) is 0 Å². The molecule has 14 aromatic rings. The van der Waals surface area contributed by atoms with Crippen molar-refractivity contribution in [1.29, 1.82) is 0 Å².